The van der Waals surface area contributed by atoms with E-state index in [9.17, 15) is 10.1 Å². The number of hydrogen-bond acceptors (Lipinski definition) is 3. The van der Waals surface area contributed by atoms with Crippen LogP contribution in [-0.2, 0) is 0 Å². The fourth-order valence-corrected chi connectivity index (χ4v) is 2.67. The van der Waals surface area contributed by atoms with E-state index in [1.165, 1.54) is 12.1 Å². The molecule has 1 aromatic heterocycles. The van der Waals surface area contributed by atoms with Crippen LogP contribution in [0, 0.1) is 10.1 Å². The van der Waals surface area contributed by atoms with Crippen LogP contribution in [0.3, 0.4) is 0 Å². The molecule has 0 spiro atoms. The Balaban J connectivity index is 1.95. The normalized spacial score (nSPS) is 11.1. The van der Waals surface area contributed by atoms with Crippen LogP contribution in [0.25, 0.3) is 33.2 Å². The maximum atomic E-state index is 10.9. The number of aromatic amines is 1. The van der Waals surface area contributed by atoms with Gasteiger partial charge in [-0.25, -0.2) is 4.98 Å². The molecule has 0 aliphatic heterocycles. The predicted octanol–water partition coefficient (Wildman–Crippen LogP) is 4.29. The molecular formula is C17H11N3O2. The van der Waals surface area contributed by atoms with Crippen molar-refractivity contribution in [2.45, 2.75) is 0 Å². The molecule has 0 saturated heterocycles. The zero-order valence-corrected chi connectivity index (χ0v) is 11.5. The second kappa shape index (κ2) is 4.66. The SMILES string of the molecule is O=[N+]([O-])c1ccc2nc(-c3cccc4ccccc34)[nH]c2c1. The van der Waals surface area contributed by atoms with E-state index in [0.29, 0.717) is 16.9 Å². The summed E-state index contributed by atoms with van der Waals surface area (Å²) in [6.45, 7) is 0. The number of nitrogens with one attached hydrogen (secondary N) is 1. The number of nitrogens with zero attached hydrogens (tertiary/aromatic N) is 2. The molecule has 0 amide bonds. The van der Waals surface area contributed by atoms with Crippen molar-refractivity contribution in [3.8, 4) is 11.4 Å². The fourth-order valence-electron chi connectivity index (χ4n) is 2.67. The first-order valence-electron chi connectivity index (χ1n) is 6.85. The molecule has 22 heavy (non-hydrogen) atoms. The van der Waals surface area contributed by atoms with E-state index in [0.717, 1.165) is 16.3 Å². The lowest BCUT2D eigenvalue weighted by atomic mass is 10.0. The molecule has 1 N–H and O–H groups in total. The lowest BCUT2D eigenvalue weighted by molar-refractivity contribution is -0.384. The van der Waals surface area contributed by atoms with Gasteiger partial charge in [0, 0.05) is 17.7 Å². The number of nitro groups is 1. The van der Waals surface area contributed by atoms with E-state index in [1.807, 2.05) is 42.5 Å². The number of benzene rings is 3. The minimum Gasteiger partial charge on any atom is -0.338 e. The molecular weight excluding hydrogens is 278 g/mol. The van der Waals surface area contributed by atoms with E-state index < -0.39 is 4.92 Å². The van der Waals surface area contributed by atoms with Gasteiger partial charge in [-0.2, -0.15) is 0 Å². The van der Waals surface area contributed by atoms with Crippen molar-refractivity contribution in [3.05, 3.63) is 70.8 Å². The maximum Gasteiger partial charge on any atom is 0.271 e. The van der Waals surface area contributed by atoms with Crippen molar-refractivity contribution in [2.75, 3.05) is 0 Å². The number of H-pyrrole nitrogens is 1. The second-order valence-electron chi connectivity index (χ2n) is 5.07. The van der Waals surface area contributed by atoms with Crippen molar-refractivity contribution >= 4 is 27.5 Å². The first-order chi connectivity index (χ1) is 10.7. The molecule has 0 saturated carbocycles. The largest absolute Gasteiger partial charge is 0.338 e. The van der Waals surface area contributed by atoms with Gasteiger partial charge in [-0.3, -0.25) is 10.1 Å². The summed E-state index contributed by atoms with van der Waals surface area (Å²) in [7, 11) is 0. The Kier molecular flexibility index (Phi) is 2.66. The first-order valence-corrected chi connectivity index (χ1v) is 6.85. The molecule has 5 heteroatoms. The van der Waals surface area contributed by atoms with Crippen molar-refractivity contribution in [1.82, 2.24) is 9.97 Å². The van der Waals surface area contributed by atoms with Crippen molar-refractivity contribution in [2.24, 2.45) is 0 Å². The Hall–Kier alpha value is -3.21. The molecule has 0 bridgehead atoms. The highest BCUT2D eigenvalue weighted by Crippen LogP contribution is 2.29. The maximum absolute atomic E-state index is 10.9. The molecule has 0 aliphatic rings. The van der Waals surface area contributed by atoms with Gasteiger partial charge in [0.05, 0.1) is 16.0 Å². The Morgan fingerprint density at radius 2 is 1.82 bits per heavy atom. The quantitative estimate of drug-likeness (QED) is 0.442. The Bertz CT molecular complexity index is 1020. The van der Waals surface area contributed by atoms with Crippen LogP contribution in [-0.4, -0.2) is 14.9 Å². The molecule has 0 fully saturated rings. The predicted molar refractivity (Wildman–Crippen MR) is 85.7 cm³/mol. The topological polar surface area (TPSA) is 71.8 Å². The zero-order chi connectivity index (χ0) is 15.1. The van der Waals surface area contributed by atoms with Gasteiger partial charge >= 0.3 is 0 Å². The number of rotatable bonds is 2. The van der Waals surface area contributed by atoms with Gasteiger partial charge in [0.25, 0.3) is 5.69 Å². The lowest BCUT2D eigenvalue weighted by Gasteiger charge is -2.03. The zero-order valence-electron chi connectivity index (χ0n) is 11.5. The number of aromatic nitrogens is 2. The third-order valence-electron chi connectivity index (χ3n) is 3.72. The highest BCUT2D eigenvalue weighted by molar-refractivity contribution is 5.96. The molecule has 0 radical (unpaired) electrons. The molecule has 1 heterocycles. The van der Waals surface area contributed by atoms with Crippen LogP contribution in [0.2, 0.25) is 0 Å². The molecule has 3 aromatic carbocycles. The third-order valence-corrected chi connectivity index (χ3v) is 3.72. The molecule has 5 nitrogen and oxygen atoms in total. The van der Waals surface area contributed by atoms with Crippen LogP contribution >= 0.6 is 0 Å². The standard InChI is InChI=1S/C17H11N3O2/c21-20(22)12-8-9-15-16(10-12)19-17(18-15)14-7-3-5-11-4-1-2-6-13(11)14/h1-10H,(H,18,19). The van der Waals surface area contributed by atoms with E-state index in [1.54, 1.807) is 6.07 Å². The van der Waals surface area contributed by atoms with Crippen LogP contribution in [0.1, 0.15) is 0 Å². The second-order valence-corrected chi connectivity index (χ2v) is 5.07. The highest BCUT2D eigenvalue weighted by atomic mass is 16.6. The summed E-state index contributed by atoms with van der Waals surface area (Å²) in [6.07, 6.45) is 0. The number of hydrogen-bond donors (Lipinski definition) is 1. The summed E-state index contributed by atoms with van der Waals surface area (Å²) < 4.78 is 0. The fraction of sp³-hybridized carbons (Fsp3) is 0. The number of fused-ring (bicyclic) bond motifs is 2. The van der Waals surface area contributed by atoms with Gasteiger partial charge in [0.1, 0.15) is 5.82 Å². The average molecular weight is 289 g/mol. The van der Waals surface area contributed by atoms with Crippen molar-refractivity contribution in [1.29, 1.82) is 0 Å². The smallest absolute Gasteiger partial charge is 0.271 e. The number of nitro benzene ring substituents is 1. The summed E-state index contributed by atoms with van der Waals surface area (Å²) >= 11 is 0. The van der Waals surface area contributed by atoms with E-state index in [-0.39, 0.29) is 5.69 Å². The number of non-ortho nitro benzene ring substituents is 1. The summed E-state index contributed by atoms with van der Waals surface area (Å²) in [5.41, 5.74) is 2.42. The average Bonchev–Trinajstić information content (AvgIpc) is 2.97. The van der Waals surface area contributed by atoms with Gasteiger partial charge in [-0.15, -0.1) is 0 Å². The van der Waals surface area contributed by atoms with Gasteiger partial charge < -0.3 is 4.98 Å². The minimum atomic E-state index is -0.405. The molecule has 0 aliphatic carbocycles. The third kappa shape index (κ3) is 1.91. The summed E-state index contributed by atoms with van der Waals surface area (Å²) in [4.78, 5) is 18.2. The summed E-state index contributed by atoms with van der Waals surface area (Å²) in [6, 6.07) is 18.7. The van der Waals surface area contributed by atoms with Gasteiger partial charge in [-0.1, -0.05) is 42.5 Å². The van der Waals surface area contributed by atoms with Crippen LogP contribution in [0.4, 0.5) is 5.69 Å². The minimum absolute atomic E-state index is 0.0561. The number of imidazole rings is 1. The van der Waals surface area contributed by atoms with E-state index >= 15 is 0 Å². The Labute approximate surface area is 125 Å². The van der Waals surface area contributed by atoms with Crippen LogP contribution in [0.5, 0.6) is 0 Å². The lowest BCUT2D eigenvalue weighted by Crippen LogP contribution is -1.86. The summed E-state index contributed by atoms with van der Waals surface area (Å²) in [5, 5.41) is 13.1. The molecule has 0 atom stereocenters. The first kappa shape index (κ1) is 12.5. The van der Waals surface area contributed by atoms with Gasteiger partial charge in [-0.05, 0) is 16.8 Å². The van der Waals surface area contributed by atoms with Crippen molar-refractivity contribution in [3.63, 3.8) is 0 Å². The van der Waals surface area contributed by atoms with Crippen LogP contribution in [0.15, 0.2) is 60.7 Å². The van der Waals surface area contributed by atoms with E-state index in [2.05, 4.69) is 9.97 Å². The highest BCUT2D eigenvalue weighted by Gasteiger charge is 2.12. The van der Waals surface area contributed by atoms with Crippen molar-refractivity contribution < 1.29 is 4.92 Å². The summed E-state index contributed by atoms with van der Waals surface area (Å²) in [5.74, 6) is 0.715. The molecule has 4 rings (SSSR count). The van der Waals surface area contributed by atoms with Gasteiger partial charge in [0.2, 0.25) is 0 Å². The van der Waals surface area contributed by atoms with Crippen LogP contribution < -0.4 is 0 Å². The Morgan fingerprint density at radius 1 is 1.00 bits per heavy atom. The molecule has 4 aromatic rings. The van der Waals surface area contributed by atoms with E-state index in [4.69, 9.17) is 0 Å². The monoisotopic (exact) mass is 289 g/mol. The molecule has 106 valence electrons. The molecule has 0 unspecified atom stereocenters. The Morgan fingerprint density at radius 3 is 2.68 bits per heavy atom. The van der Waals surface area contributed by atoms with Gasteiger partial charge in [0.15, 0.2) is 0 Å².